The zero-order valence-corrected chi connectivity index (χ0v) is 13.1. The molecule has 0 aliphatic carbocycles. The van der Waals surface area contributed by atoms with E-state index in [0.29, 0.717) is 11.8 Å². The number of likely N-dealkylation sites (tertiary alicyclic amines) is 1. The zero-order chi connectivity index (χ0) is 15.0. The molecule has 0 bridgehead atoms. The van der Waals surface area contributed by atoms with Gasteiger partial charge in [-0.05, 0) is 44.7 Å². The maximum Gasteiger partial charge on any atom is 0.410 e. The van der Waals surface area contributed by atoms with Crippen LogP contribution < -0.4 is 5.32 Å². The van der Waals surface area contributed by atoms with Crippen molar-refractivity contribution in [3.05, 3.63) is 29.8 Å². The van der Waals surface area contributed by atoms with Gasteiger partial charge in [-0.25, -0.2) is 4.79 Å². The highest BCUT2D eigenvalue weighted by atomic mass is 16.6. The van der Waals surface area contributed by atoms with Gasteiger partial charge in [-0.3, -0.25) is 0 Å². The molecule has 4 nitrogen and oxygen atoms in total. The molecule has 2 aliphatic rings. The minimum Gasteiger partial charge on any atom is -0.444 e. The summed E-state index contributed by atoms with van der Waals surface area (Å²) in [4.78, 5) is 14.0. The second-order valence-electron chi connectivity index (χ2n) is 7.05. The normalized spacial score (nSPS) is 24.6. The fourth-order valence-corrected chi connectivity index (χ4v) is 3.34. The third kappa shape index (κ3) is 2.99. The predicted molar refractivity (Wildman–Crippen MR) is 83.6 cm³/mol. The molecule has 1 saturated heterocycles. The summed E-state index contributed by atoms with van der Waals surface area (Å²) in [6, 6.07) is 8.50. The average Bonchev–Trinajstić information content (AvgIpc) is 3.03. The first-order valence-electron chi connectivity index (χ1n) is 7.75. The van der Waals surface area contributed by atoms with Gasteiger partial charge >= 0.3 is 6.09 Å². The predicted octanol–water partition coefficient (Wildman–Crippen LogP) is 3.45. The first-order valence-corrected chi connectivity index (χ1v) is 7.75. The number of para-hydroxylation sites is 1. The lowest BCUT2D eigenvalue weighted by atomic mass is 9.87. The number of nitrogens with zero attached hydrogens (tertiary/aromatic N) is 1. The largest absolute Gasteiger partial charge is 0.444 e. The molecule has 4 heteroatoms. The summed E-state index contributed by atoms with van der Waals surface area (Å²) < 4.78 is 5.47. The van der Waals surface area contributed by atoms with E-state index in [4.69, 9.17) is 4.74 Å². The van der Waals surface area contributed by atoms with Crippen LogP contribution in [0.3, 0.4) is 0 Å². The van der Waals surface area contributed by atoms with Crippen molar-refractivity contribution >= 4 is 11.8 Å². The second-order valence-corrected chi connectivity index (χ2v) is 7.05. The number of anilines is 1. The van der Waals surface area contributed by atoms with Crippen LogP contribution in [-0.2, 0) is 4.74 Å². The van der Waals surface area contributed by atoms with E-state index >= 15 is 0 Å². The Hall–Kier alpha value is -1.71. The Balaban J connectivity index is 1.65. The number of amides is 1. The molecule has 1 aromatic rings. The van der Waals surface area contributed by atoms with Gasteiger partial charge in [0, 0.05) is 31.2 Å². The van der Waals surface area contributed by atoms with Crippen molar-refractivity contribution in [1.82, 2.24) is 4.90 Å². The summed E-state index contributed by atoms with van der Waals surface area (Å²) in [6.07, 6.45) is 0.879. The second kappa shape index (κ2) is 5.24. The average molecular weight is 288 g/mol. The Kier molecular flexibility index (Phi) is 3.56. The van der Waals surface area contributed by atoms with Crippen molar-refractivity contribution in [2.45, 2.75) is 38.7 Å². The number of rotatable bonds is 1. The minimum atomic E-state index is -0.420. The van der Waals surface area contributed by atoms with Crippen LogP contribution in [0, 0.1) is 5.92 Å². The Morgan fingerprint density at radius 2 is 2.10 bits per heavy atom. The van der Waals surface area contributed by atoms with Gasteiger partial charge in [0.15, 0.2) is 0 Å². The van der Waals surface area contributed by atoms with Crippen molar-refractivity contribution in [3.63, 3.8) is 0 Å². The third-order valence-electron chi connectivity index (χ3n) is 4.32. The molecule has 2 unspecified atom stereocenters. The smallest absolute Gasteiger partial charge is 0.410 e. The van der Waals surface area contributed by atoms with Crippen LogP contribution in [0.1, 0.15) is 38.7 Å². The Labute approximate surface area is 126 Å². The number of nitrogens with one attached hydrogen (secondary N) is 1. The molecule has 0 radical (unpaired) electrons. The van der Waals surface area contributed by atoms with Crippen LogP contribution in [0.5, 0.6) is 0 Å². The van der Waals surface area contributed by atoms with Crippen LogP contribution in [0.25, 0.3) is 0 Å². The van der Waals surface area contributed by atoms with E-state index in [9.17, 15) is 4.79 Å². The number of hydrogen-bond acceptors (Lipinski definition) is 3. The molecular formula is C17H24N2O2. The van der Waals surface area contributed by atoms with E-state index in [2.05, 4.69) is 29.6 Å². The lowest BCUT2D eigenvalue weighted by molar-refractivity contribution is 0.0286. The zero-order valence-electron chi connectivity index (χ0n) is 13.1. The highest BCUT2D eigenvalue weighted by Crippen LogP contribution is 2.40. The Morgan fingerprint density at radius 3 is 2.86 bits per heavy atom. The lowest BCUT2D eigenvalue weighted by Gasteiger charge is -2.25. The third-order valence-corrected chi connectivity index (χ3v) is 4.32. The number of fused-ring (bicyclic) bond motifs is 1. The molecule has 2 atom stereocenters. The molecule has 1 amide bonds. The van der Waals surface area contributed by atoms with Crippen molar-refractivity contribution in [1.29, 1.82) is 0 Å². The highest BCUT2D eigenvalue weighted by Gasteiger charge is 2.37. The fraction of sp³-hybridized carbons (Fsp3) is 0.588. The fourth-order valence-electron chi connectivity index (χ4n) is 3.34. The van der Waals surface area contributed by atoms with Crippen LogP contribution in [0.4, 0.5) is 10.5 Å². The van der Waals surface area contributed by atoms with Crippen molar-refractivity contribution in [2.75, 3.05) is 25.0 Å². The quantitative estimate of drug-likeness (QED) is 0.860. The van der Waals surface area contributed by atoms with Gasteiger partial charge in [0.05, 0.1) is 0 Å². The maximum atomic E-state index is 12.2. The van der Waals surface area contributed by atoms with Gasteiger partial charge in [-0.15, -0.1) is 0 Å². The molecule has 1 N–H and O–H groups in total. The molecule has 1 aromatic carbocycles. The summed E-state index contributed by atoms with van der Waals surface area (Å²) in [5.74, 6) is 1.03. The monoisotopic (exact) mass is 288 g/mol. The van der Waals surface area contributed by atoms with E-state index in [0.717, 1.165) is 26.1 Å². The highest BCUT2D eigenvalue weighted by molar-refractivity contribution is 5.68. The molecule has 21 heavy (non-hydrogen) atoms. The summed E-state index contributed by atoms with van der Waals surface area (Å²) in [5, 5.41) is 3.47. The van der Waals surface area contributed by atoms with E-state index in [1.54, 1.807) is 0 Å². The van der Waals surface area contributed by atoms with Gasteiger partial charge in [0.25, 0.3) is 0 Å². The Morgan fingerprint density at radius 1 is 1.33 bits per heavy atom. The molecular weight excluding hydrogens is 264 g/mol. The molecule has 0 aromatic heterocycles. The maximum absolute atomic E-state index is 12.2. The first-order chi connectivity index (χ1) is 9.94. The summed E-state index contributed by atoms with van der Waals surface area (Å²) >= 11 is 0. The van der Waals surface area contributed by atoms with Gasteiger partial charge in [0.2, 0.25) is 0 Å². The number of benzene rings is 1. The van der Waals surface area contributed by atoms with E-state index in [1.165, 1.54) is 11.3 Å². The molecule has 114 valence electrons. The van der Waals surface area contributed by atoms with Gasteiger partial charge < -0.3 is 15.0 Å². The molecule has 2 aliphatic heterocycles. The summed E-state index contributed by atoms with van der Waals surface area (Å²) in [7, 11) is 0. The molecule has 3 rings (SSSR count). The van der Waals surface area contributed by atoms with Crippen molar-refractivity contribution in [2.24, 2.45) is 5.92 Å². The molecule has 2 heterocycles. The van der Waals surface area contributed by atoms with Crippen molar-refractivity contribution < 1.29 is 9.53 Å². The molecule has 0 spiro atoms. The van der Waals surface area contributed by atoms with E-state index in [-0.39, 0.29) is 6.09 Å². The van der Waals surface area contributed by atoms with Crippen molar-refractivity contribution in [3.8, 4) is 0 Å². The van der Waals surface area contributed by atoms with E-state index in [1.807, 2.05) is 25.7 Å². The summed E-state index contributed by atoms with van der Waals surface area (Å²) in [6.45, 7) is 8.32. The SMILES string of the molecule is CC(C)(C)OC(=O)N1CCC(C2CNc3ccccc32)C1. The Bertz CT molecular complexity index is 536. The summed E-state index contributed by atoms with van der Waals surface area (Å²) in [5.41, 5.74) is 2.23. The molecule has 0 saturated carbocycles. The van der Waals surface area contributed by atoms with Crippen LogP contribution >= 0.6 is 0 Å². The number of ether oxygens (including phenoxy) is 1. The lowest BCUT2D eigenvalue weighted by Crippen LogP contribution is -2.35. The van der Waals surface area contributed by atoms with Crippen LogP contribution in [0.15, 0.2) is 24.3 Å². The number of hydrogen-bond donors (Lipinski definition) is 1. The van der Waals surface area contributed by atoms with Gasteiger partial charge in [0.1, 0.15) is 5.60 Å². The van der Waals surface area contributed by atoms with Gasteiger partial charge in [-0.1, -0.05) is 18.2 Å². The standard InChI is InChI=1S/C17H24N2O2/c1-17(2,3)21-16(20)19-9-8-12(11-19)14-10-18-15-7-5-4-6-13(14)15/h4-7,12,14,18H,8-11H2,1-3H3. The van der Waals surface area contributed by atoms with Crippen LogP contribution in [-0.4, -0.2) is 36.2 Å². The number of carbonyl (C=O) groups is 1. The first kappa shape index (κ1) is 14.2. The van der Waals surface area contributed by atoms with Crippen LogP contribution in [0.2, 0.25) is 0 Å². The van der Waals surface area contributed by atoms with E-state index < -0.39 is 5.60 Å². The van der Waals surface area contributed by atoms with Gasteiger partial charge in [-0.2, -0.15) is 0 Å². The number of carbonyl (C=O) groups excluding carboxylic acids is 1. The molecule has 1 fully saturated rings. The topological polar surface area (TPSA) is 41.6 Å². The minimum absolute atomic E-state index is 0.177.